The van der Waals surface area contributed by atoms with E-state index in [1.54, 1.807) is 19.2 Å². The third-order valence-corrected chi connectivity index (χ3v) is 7.13. The monoisotopic (exact) mass is 602 g/mol. The molecule has 9 heteroatoms. The Morgan fingerprint density at radius 1 is 1.00 bits per heavy atom. The van der Waals surface area contributed by atoms with Gasteiger partial charge in [-0.3, -0.25) is 9.59 Å². The number of aliphatic imine (C=N–C) groups is 1. The minimum atomic E-state index is -1.44. The summed E-state index contributed by atoms with van der Waals surface area (Å²) in [6, 6.07) is 24.3. The topological polar surface area (TPSA) is 116 Å². The lowest BCUT2D eigenvalue weighted by Crippen LogP contribution is -2.49. The number of carbonyl (C=O) groups excluding carboxylic acids is 2. The molecule has 0 bridgehead atoms. The summed E-state index contributed by atoms with van der Waals surface area (Å²) in [7, 11) is 1.62. The van der Waals surface area contributed by atoms with E-state index in [2.05, 4.69) is 5.32 Å². The summed E-state index contributed by atoms with van der Waals surface area (Å²) in [5, 5.41) is 12.1. The van der Waals surface area contributed by atoms with Crippen molar-refractivity contribution < 1.29 is 33.6 Å². The maximum absolute atomic E-state index is 14.2. The Labute approximate surface area is 259 Å². The molecular weight excluding hydrogens is 560 g/mol. The zero-order valence-electron chi connectivity index (χ0n) is 25.9. The van der Waals surface area contributed by atoms with Gasteiger partial charge in [0.25, 0.3) is 5.91 Å². The van der Waals surface area contributed by atoms with E-state index in [1.807, 2.05) is 87.5 Å². The normalized spacial score (nSPS) is 17.8. The average Bonchev–Trinajstić information content (AvgIpc) is 3.41. The van der Waals surface area contributed by atoms with Crippen LogP contribution in [0.4, 0.5) is 0 Å². The minimum absolute atomic E-state index is 0.0295. The lowest BCUT2D eigenvalue weighted by molar-refractivity contribution is -0.155. The highest BCUT2D eigenvalue weighted by molar-refractivity contribution is 6.01. The van der Waals surface area contributed by atoms with Crippen LogP contribution in [0.25, 0.3) is 0 Å². The molecule has 0 spiro atoms. The minimum Gasteiger partial charge on any atom is -0.496 e. The van der Waals surface area contributed by atoms with E-state index in [9.17, 15) is 9.59 Å². The summed E-state index contributed by atoms with van der Waals surface area (Å²) in [5.41, 5.74) is 0.290. The van der Waals surface area contributed by atoms with Crippen LogP contribution in [-0.4, -0.2) is 60.9 Å². The van der Waals surface area contributed by atoms with Crippen molar-refractivity contribution in [2.45, 2.75) is 63.7 Å². The van der Waals surface area contributed by atoms with Gasteiger partial charge in [0, 0.05) is 31.6 Å². The summed E-state index contributed by atoms with van der Waals surface area (Å²) in [6.07, 6.45) is 0.339. The van der Waals surface area contributed by atoms with E-state index in [0.29, 0.717) is 43.2 Å². The number of ether oxygens (including phenoxy) is 4. The molecule has 4 rings (SSSR count). The first kappa shape index (κ1) is 32.5. The Morgan fingerprint density at radius 2 is 1.70 bits per heavy atom. The van der Waals surface area contributed by atoms with Crippen molar-refractivity contribution in [3.63, 3.8) is 0 Å². The third-order valence-electron chi connectivity index (χ3n) is 7.13. The van der Waals surface area contributed by atoms with Gasteiger partial charge in [0.1, 0.15) is 17.1 Å². The van der Waals surface area contributed by atoms with Gasteiger partial charge in [-0.05, 0) is 75.1 Å². The van der Waals surface area contributed by atoms with Gasteiger partial charge in [-0.25, -0.2) is 4.99 Å². The van der Waals surface area contributed by atoms with Crippen LogP contribution in [0.1, 0.15) is 62.8 Å². The van der Waals surface area contributed by atoms with Crippen molar-refractivity contribution >= 4 is 17.8 Å². The Morgan fingerprint density at radius 3 is 2.39 bits per heavy atom. The number of para-hydroxylation sites is 1. The number of nitrogens with zero attached hydrogens (tertiary/aromatic N) is 1. The Balaban J connectivity index is 1.66. The summed E-state index contributed by atoms with van der Waals surface area (Å²) < 4.78 is 23.2. The molecule has 0 aromatic heterocycles. The van der Waals surface area contributed by atoms with Gasteiger partial charge in [-0.2, -0.15) is 0 Å². The SMILES string of the molecule is COc1ccccc1CCNC(=O)[C@]1(CCC(=O)OC(C)(C)C)N=C(c2ccc(OCCCO)cc2)O[C@@H]1c1ccccc1. The number of nitrogens with one attached hydrogen (secondary N) is 1. The second-order valence-corrected chi connectivity index (χ2v) is 11.6. The molecule has 3 aromatic carbocycles. The van der Waals surface area contributed by atoms with E-state index in [-0.39, 0.29) is 25.4 Å². The maximum atomic E-state index is 14.2. The van der Waals surface area contributed by atoms with Crippen molar-refractivity contribution in [3.05, 3.63) is 95.6 Å². The Kier molecular flexibility index (Phi) is 11.0. The van der Waals surface area contributed by atoms with Crippen LogP contribution in [0.2, 0.25) is 0 Å². The molecule has 1 aliphatic rings. The van der Waals surface area contributed by atoms with E-state index in [1.165, 1.54) is 0 Å². The van der Waals surface area contributed by atoms with E-state index in [4.69, 9.17) is 29.0 Å². The standard InChI is InChI=1S/C35H42N2O7/c1-34(2,3)44-30(39)19-21-35(33(40)36-22-20-25-11-8-9-14-29(25)41-4)31(26-12-6-5-7-13-26)43-32(37-35)27-15-17-28(18-16-27)42-24-10-23-38/h5-9,11-18,31,38H,10,19-24H2,1-4H3,(H,36,40)/t31-,35-/m1/s1. The number of benzene rings is 3. The molecule has 1 amide bonds. The predicted octanol–water partition coefficient (Wildman–Crippen LogP) is 5.19. The Bertz CT molecular complexity index is 1420. The molecule has 1 heterocycles. The maximum Gasteiger partial charge on any atom is 0.306 e. The van der Waals surface area contributed by atoms with Gasteiger partial charge in [0.05, 0.1) is 13.7 Å². The molecule has 234 valence electrons. The molecule has 0 saturated heterocycles. The molecule has 0 saturated carbocycles. The van der Waals surface area contributed by atoms with Crippen molar-refractivity contribution in [2.75, 3.05) is 26.9 Å². The van der Waals surface area contributed by atoms with Gasteiger partial charge in [-0.15, -0.1) is 0 Å². The van der Waals surface area contributed by atoms with E-state index < -0.39 is 23.2 Å². The molecule has 3 aromatic rings. The van der Waals surface area contributed by atoms with Crippen LogP contribution in [-0.2, 0) is 25.5 Å². The van der Waals surface area contributed by atoms with Crippen molar-refractivity contribution in [1.82, 2.24) is 5.32 Å². The van der Waals surface area contributed by atoms with Gasteiger partial charge in [-0.1, -0.05) is 48.5 Å². The number of aliphatic hydroxyl groups excluding tert-OH is 1. The zero-order valence-corrected chi connectivity index (χ0v) is 25.9. The molecule has 2 atom stereocenters. The van der Waals surface area contributed by atoms with Gasteiger partial charge < -0.3 is 29.4 Å². The van der Waals surface area contributed by atoms with E-state index in [0.717, 1.165) is 16.9 Å². The molecule has 44 heavy (non-hydrogen) atoms. The highest BCUT2D eigenvalue weighted by atomic mass is 16.6. The van der Waals surface area contributed by atoms with Gasteiger partial charge in [0.15, 0.2) is 11.6 Å². The number of amides is 1. The van der Waals surface area contributed by atoms with Gasteiger partial charge >= 0.3 is 5.97 Å². The van der Waals surface area contributed by atoms with Crippen LogP contribution in [0.15, 0.2) is 83.9 Å². The number of rotatable bonds is 14. The lowest BCUT2D eigenvalue weighted by atomic mass is 9.83. The summed E-state index contributed by atoms with van der Waals surface area (Å²) in [6.45, 7) is 6.21. The first-order valence-electron chi connectivity index (χ1n) is 14.9. The molecule has 0 fully saturated rings. The number of esters is 1. The number of aliphatic hydroxyl groups is 1. The highest BCUT2D eigenvalue weighted by Crippen LogP contribution is 2.43. The second kappa shape index (κ2) is 14.9. The largest absolute Gasteiger partial charge is 0.496 e. The molecule has 2 N–H and O–H groups in total. The first-order valence-corrected chi connectivity index (χ1v) is 14.9. The van der Waals surface area contributed by atoms with E-state index >= 15 is 0 Å². The zero-order chi connectivity index (χ0) is 31.6. The fourth-order valence-corrected chi connectivity index (χ4v) is 5.06. The number of hydrogen-bond acceptors (Lipinski definition) is 8. The smallest absolute Gasteiger partial charge is 0.306 e. The van der Waals surface area contributed by atoms with Crippen molar-refractivity contribution in [2.24, 2.45) is 4.99 Å². The molecule has 0 aliphatic carbocycles. The third kappa shape index (κ3) is 8.38. The number of methoxy groups -OCH3 is 1. The van der Waals surface area contributed by atoms with Crippen molar-refractivity contribution in [1.29, 1.82) is 0 Å². The Hall–Kier alpha value is -4.37. The summed E-state index contributed by atoms with van der Waals surface area (Å²) in [5.74, 6) is 0.926. The number of carbonyl (C=O) groups is 2. The van der Waals surface area contributed by atoms with Crippen LogP contribution in [0, 0.1) is 0 Å². The van der Waals surface area contributed by atoms with Gasteiger partial charge in [0.2, 0.25) is 5.90 Å². The molecule has 0 radical (unpaired) electrons. The fraction of sp³-hybridized carbons (Fsp3) is 0.400. The van der Waals surface area contributed by atoms with Crippen LogP contribution in [0.3, 0.4) is 0 Å². The quantitative estimate of drug-likeness (QED) is 0.193. The second-order valence-electron chi connectivity index (χ2n) is 11.6. The molecule has 1 aliphatic heterocycles. The predicted molar refractivity (Wildman–Crippen MR) is 168 cm³/mol. The highest BCUT2D eigenvalue weighted by Gasteiger charge is 2.53. The van der Waals surface area contributed by atoms with Crippen molar-refractivity contribution in [3.8, 4) is 11.5 Å². The van der Waals surface area contributed by atoms with Crippen LogP contribution >= 0.6 is 0 Å². The summed E-state index contributed by atoms with van der Waals surface area (Å²) in [4.78, 5) is 32.1. The van der Waals surface area contributed by atoms with Crippen LogP contribution in [0.5, 0.6) is 11.5 Å². The lowest BCUT2D eigenvalue weighted by Gasteiger charge is -2.31. The molecule has 9 nitrogen and oxygen atoms in total. The summed E-state index contributed by atoms with van der Waals surface area (Å²) >= 11 is 0. The molecular formula is C35H42N2O7. The first-order chi connectivity index (χ1) is 21.1. The number of hydrogen-bond donors (Lipinski definition) is 2. The average molecular weight is 603 g/mol. The van der Waals surface area contributed by atoms with Crippen LogP contribution < -0.4 is 14.8 Å². The fourth-order valence-electron chi connectivity index (χ4n) is 5.06. The molecule has 0 unspecified atom stereocenters.